The lowest BCUT2D eigenvalue weighted by molar-refractivity contribution is -0.137. The van der Waals surface area contributed by atoms with Gasteiger partial charge in [0.15, 0.2) is 5.17 Å². The molecule has 44 heavy (non-hydrogen) atoms. The first-order chi connectivity index (χ1) is 20.8. The first-order valence-electron chi connectivity index (χ1n) is 13.7. The summed E-state index contributed by atoms with van der Waals surface area (Å²) in [7, 11) is 3.85. The van der Waals surface area contributed by atoms with Crippen molar-refractivity contribution in [1.82, 2.24) is 14.5 Å². The minimum atomic E-state index is -4.46. The number of aliphatic imine (C=N–C) groups is 1. The number of urea groups is 1. The second-order valence-corrected chi connectivity index (χ2v) is 11.7. The van der Waals surface area contributed by atoms with Crippen molar-refractivity contribution in [3.05, 3.63) is 83.9 Å². The smallest absolute Gasteiger partial charge is 0.378 e. The average Bonchev–Trinajstić information content (AvgIpc) is 3.60. The van der Waals surface area contributed by atoms with Gasteiger partial charge in [0.25, 0.3) is 0 Å². The third kappa shape index (κ3) is 6.47. The van der Waals surface area contributed by atoms with E-state index in [1.165, 1.54) is 33.6 Å². The number of alkyl halides is 3. The molecule has 0 bridgehead atoms. The molecule has 4 aromatic rings. The molecule has 2 aromatic heterocycles. The van der Waals surface area contributed by atoms with Gasteiger partial charge < -0.3 is 10.2 Å². The summed E-state index contributed by atoms with van der Waals surface area (Å²) in [5.41, 5.74) is 4.37. The predicted molar refractivity (Wildman–Crippen MR) is 168 cm³/mol. The molecule has 0 aliphatic carbocycles. The average molecular weight is 622 g/mol. The molecule has 9 nitrogen and oxygen atoms in total. The molecule has 1 aliphatic heterocycles. The topological polar surface area (TPSA) is 95.7 Å². The number of carbonyl (C=O) groups excluding carboxylic acids is 2. The van der Waals surface area contributed by atoms with Crippen molar-refractivity contribution in [3.63, 3.8) is 0 Å². The third-order valence-electron chi connectivity index (χ3n) is 7.04. The Kier molecular flexibility index (Phi) is 8.51. The number of thioether (sulfide) groups is 1. The molecule has 1 saturated heterocycles. The predicted octanol–water partition coefficient (Wildman–Crippen LogP) is 7.12. The number of halogens is 3. The van der Waals surface area contributed by atoms with Gasteiger partial charge in [-0.05, 0) is 60.4 Å². The van der Waals surface area contributed by atoms with Crippen LogP contribution in [0.4, 0.5) is 35.0 Å². The molecular weight excluding hydrogens is 591 g/mol. The number of amides is 3. The Bertz CT molecular complexity index is 1750. The Hall–Kier alpha value is -4.65. The van der Waals surface area contributed by atoms with Crippen LogP contribution in [-0.2, 0) is 11.0 Å². The fourth-order valence-corrected chi connectivity index (χ4v) is 5.53. The number of hydrogen-bond donors (Lipinski definition) is 1. The standard InChI is InChI=1S/C31H30F3N7O2S/c1-18(2)23-9-8-22(39(4)5)13-26(23)41-28(42)16-44-30(41)38-29(43)37-24-10-6-20(12-19(24)3)25-15-40(17-36-25)27-11-7-21(14-35-27)31(32,33)34/h6-15,17-18H,16H2,1-5H3,(H,37,43). The summed E-state index contributed by atoms with van der Waals surface area (Å²) in [5, 5.41) is 3.11. The van der Waals surface area contributed by atoms with Crippen molar-refractivity contribution < 1.29 is 22.8 Å². The van der Waals surface area contributed by atoms with Crippen LogP contribution in [-0.4, -0.2) is 51.5 Å². The summed E-state index contributed by atoms with van der Waals surface area (Å²) in [6.45, 7) is 5.92. The number of aromatic nitrogens is 3. The Morgan fingerprint density at radius 1 is 1.09 bits per heavy atom. The van der Waals surface area contributed by atoms with Gasteiger partial charge in [-0.2, -0.15) is 18.2 Å². The number of rotatable bonds is 6. The van der Waals surface area contributed by atoms with E-state index < -0.39 is 17.8 Å². The summed E-state index contributed by atoms with van der Waals surface area (Å²) in [6.07, 6.45) is -0.553. The molecule has 1 aliphatic rings. The highest BCUT2D eigenvalue weighted by molar-refractivity contribution is 8.15. The quantitative estimate of drug-likeness (QED) is 0.246. The van der Waals surface area contributed by atoms with E-state index in [0.29, 0.717) is 28.1 Å². The minimum absolute atomic E-state index is 0.147. The van der Waals surface area contributed by atoms with Crippen LogP contribution in [0.25, 0.3) is 17.1 Å². The van der Waals surface area contributed by atoms with E-state index in [4.69, 9.17) is 0 Å². The maximum absolute atomic E-state index is 13.0. The van der Waals surface area contributed by atoms with Crippen LogP contribution in [0.1, 0.15) is 36.5 Å². The number of amidine groups is 1. The van der Waals surface area contributed by atoms with Crippen molar-refractivity contribution in [3.8, 4) is 17.1 Å². The minimum Gasteiger partial charge on any atom is -0.378 e. The van der Waals surface area contributed by atoms with Crippen LogP contribution >= 0.6 is 11.8 Å². The van der Waals surface area contributed by atoms with E-state index in [-0.39, 0.29) is 17.6 Å². The van der Waals surface area contributed by atoms with Gasteiger partial charge >= 0.3 is 12.2 Å². The number of pyridine rings is 1. The zero-order valence-electron chi connectivity index (χ0n) is 24.7. The molecule has 3 amide bonds. The van der Waals surface area contributed by atoms with E-state index in [0.717, 1.165) is 34.6 Å². The van der Waals surface area contributed by atoms with Crippen LogP contribution in [0.2, 0.25) is 0 Å². The largest absolute Gasteiger partial charge is 0.417 e. The van der Waals surface area contributed by atoms with Crippen molar-refractivity contribution in [1.29, 1.82) is 0 Å². The van der Waals surface area contributed by atoms with Gasteiger partial charge in [0.05, 0.1) is 22.7 Å². The molecule has 5 rings (SSSR count). The number of nitrogens with zero attached hydrogens (tertiary/aromatic N) is 6. The second-order valence-electron chi connectivity index (χ2n) is 10.7. The van der Waals surface area contributed by atoms with E-state index in [9.17, 15) is 22.8 Å². The number of imidazole rings is 1. The fourth-order valence-electron chi connectivity index (χ4n) is 4.67. The van der Waals surface area contributed by atoms with Gasteiger partial charge in [0, 0.05) is 43.4 Å². The molecule has 0 saturated carbocycles. The fraction of sp³-hybridized carbons (Fsp3) is 0.258. The number of carbonyl (C=O) groups is 2. The summed E-state index contributed by atoms with van der Waals surface area (Å²) in [6, 6.07) is 12.9. The molecule has 1 fully saturated rings. The van der Waals surface area contributed by atoms with Crippen LogP contribution < -0.4 is 15.1 Å². The third-order valence-corrected chi connectivity index (χ3v) is 7.97. The van der Waals surface area contributed by atoms with Gasteiger partial charge in [-0.15, -0.1) is 0 Å². The van der Waals surface area contributed by atoms with Gasteiger partial charge in [-0.1, -0.05) is 37.7 Å². The normalized spacial score (nSPS) is 14.5. The highest BCUT2D eigenvalue weighted by Gasteiger charge is 2.33. The van der Waals surface area contributed by atoms with Gasteiger partial charge in [-0.3, -0.25) is 14.3 Å². The number of benzene rings is 2. The summed E-state index contributed by atoms with van der Waals surface area (Å²) in [5.74, 6) is 0.472. The Morgan fingerprint density at radius 2 is 1.86 bits per heavy atom. The molecular formula is C31H30F3N7O2S. The zero-order chi connectivity index (χ0) is 31.8. The Balaban J connectivity index is 1.34. The monoisotopic (exact) mass is 621 g/mol. The van der Waals surface area contributed by atoms with Gasteiger partial charge in [-0.25, -0.2) is 14.8 Å². The molecule has 2 aromatic carbocycles. The molecule has 0 atom stereocenters. The summed E-state index contributed by atoms with van der Waals surface area (Å²) >= 11 is 1.21. The lowest BCUT2D eigenvalue weighted by atomic mass is 9.99. The second kappa shape index (κ2) is 12.2. The molecule has 0 unspecified atom stereocenters. The number of hydrogen-bond acceptors (Lipinski definition) is 6. The Labute approximate surface area is 256 Å². The lowest BCUT2D eigenvalue weighted by Gasteiger charge is -2.24. The maximum atomic E-state index is 13.0. The highest BCUT2D eigenvalue weighted by Crippen LogP contribution is 2.36. The van der Waals surface area contributed by atoms with Crippen molar-refractivity contribution in [2.24, 2.45) is 4.99 Å². The molecule has 1 N–H and O–H groups in total. The van der Waals surface area contributed by atoms with E-state index in [2.05, 4.69) is 20.3 Å². The van der Waals surface area contributed by atoms with Gasteiger partial charge in [0.1, 0.15) is 12.1 Å². The molecule has 0 spiro atoms. The van der Waals surface area contributed by atoms with E-state index in [1.807, 2.05) is 64.0 Å². The molecule has 228 valence electrons. The number of nitrogens with one attached hydrogen (secondary N) is 1. The van der Waals surface area contributed by atoms with Crippen molar-refractivity contribution in [2.45, 2.75) is 32.9 Å². The summed E-state index contributed by atoms with van der Waals surface area (Å²) < 4.78 is 40.1. The molecule has 13 heteroatoms. The lowest BCUT2D eigenvalue weighted by Crippen LogP contribution is -2.31. The summed E-state index contributed by atoms with van der Waals surface area (Å²) in [4.78, 5) is 42.0. The van der Waals surface area contributed by atoms with Crippen molar-refractivity contribution >= 4 is 45.9 Å². The van der Waals surface area contributed by atoms with Crippen molar-refractivity contribution in [2.75, 3.05) is 35.0 Å². The van der Waals surface area contributed by atoms with E-state index >= 15 is 0 Å². The first-order valence-corrected chi connectivity index (χ1v) is 14.7. The Morgan fingerprint density at radius 3 is 2.50 bits per heavy atom. The maximum Gasteiger partial charge on any atom is 0.417 e. The zero-order valence-corrected chi connectivity index (χ0v) is 25.5. The van der Waals surface area contributed by atoms with Gasteiger partial charge in [0.2, 0.25) is 5.91 Å². The molecule has 0 radical (unpaired) electrons. The number of anilines is 3. The SMILES string of the molecule is Cc1cc(-c2cn(-c3ccc(C(F)(F)F)cn3)cn2)ccc1NC(=O)N=C1SCC(=O)N1c1cc(N(C)C)ccc1C(C)C. The van der Waals surface area contributed by atoms with Crippen LogP contribution in [0.15, 0.2) is 72.2 Å². The van der Waals surface area contributed by atoms with E-state index in [1.54, 1.807) is 18.3 Å². The number of aryl methyl sites for hydroxylation is 1. The van der Waals surface area contributed by atoms with Crippen LogP contribution in [0.3, 0.4) is 0 Å². The van der Waals surface area contributed by atoms with Crippen LogP contribution in [0, 0.1) is 6.92 Å². The highest BCUT2D eigenvalue weighted by atomic mass is 32.2. The van der Waals surface area contributed by atoms with Crippen LogP contribution in [0.5, 0.6) is 0 Å². The first kappa shape index (κ1) is 30.8. The molecule has 3 heterocycles.